The predicted molar refractivity (Wildman–Crippen MR) is 49.0 cm³/mol. The van der Waals surface area contributed by atoms with Gasteiger partial charge in [0.1, 0.15) is 5.01 Å². The first-order valence-electron chi connectivity index (χ1n) is 3.92. The largest absolute Gasteiger partial charge is 0.347 e. The highest BCUT2D eigenvalue weighted by molar-refractivity contribution is 7.09. The van der Waals surface area contributed by atoms with Gasteiger partial charge in [-0.25, -0.2) is 4.98 Å². The summed E-state index contributed by atoms with van der Waals surface area (Å²) in [4.78, 5) is 15.1. The van der Waals surface area contributed by atoms with Gasteiger partial charge in [-0.2, -0.15) is 0 Å². The Morgan fingerprint density at radius 3 is 3.08 bits per heavy atom. The summed E-state index contributed by atoms with van der Waals surface area (Å²) in [5.74, 6) is 0.0673. The van der Waals surface area contributed by atoms with Gasteiger partial charge in [0.15, 0.2) is 0 Å². The summed E-state index contributed by atoms with van der Waals surface area (Å²) in [6, 6.07) is 0.0393. The van der Waals surface area contributed by atoms with Crippen LogP contribution in [0.4, 0.5) is 0 Å². The van der Waals surface area contributed by atoms with E-state index in [1.165, 1.54) is 0 Å². The molecule has 0 saturated carbocycles. The van der Waals surface area contributed by atoms with Crippen molar-refractivity contribution in [2.45, 2.75) is 26.3 Å². The molecule has 0 bridgehead atoms. The zero-order chi connectivity index (χ0) is 8.97. The van der Waals surface area contributed by atoms with Crippen molar-refractivity contribution in [2.24, 2.45) is 0 Å². The van der Waals surface area contributed by atoms with E-state index in [2.05, 4.69) is 10.3 Å². The monoisotopic (exact) mass is 184 g/mol. The molecular weight excluding hydrogens is 172 g/mol. The standard InChI is InChI=1S/C8H12N2OS/c1-3-7(11)10-6(2)8-9-4-5-12-8/h4-6H,3H2,1-2H3,(H,10,11)/t6-/m1/s1. The molecule has 3 nitrogen and oxygen atoms in total. The summed E-state index contributed by atoms with van der Waals surface area (Å²) in [5.41, 5.74) is 0. The molecule has 1 N–H and O–H groups in total. The summed E-state index contributed by atoms with van der Waals surface area (Å²) in [5, 5.41) is 5.70. The summed E-state index contributed by atoms with van der Waals surface area (Å²) in [6.45, 7) is 3.77. The zero-order valence-electron chi connectivity index (χ0n) is 7.20. The number of hydrogen-bond donors (Lipinski definition) is 1. The van der Waals surface area contributed by atoms with E-state index in [1.807, 2.05) is 19.2 Å². The number of nitrogens with one attached hydrogen (secondary N) is 1. The zero-order valence-corrected chi connectivity index (χ0v) is 8.02. The lowest BCUT2D eigenvalue weighted by Gasteiger charge is -2.09. The van der Waals surface area contributed by atoms with Gasteiger partial charge in [-0.3, -0.25) is 4.79 Å². The number of carbonyl (C=O) groups excluding carboxylic acids is 1. The van der Waals surface area contributed by atoms with Crippen LogP contribution in [0.15, 0.2) is 11.6 Å². The van der Waals surface area contributed by atoms with Crippen molar-refractivity contribution in [1.82, 2.24) is 10.3 Å². The maximum absolute atomic E-state index is 11.0. The lowest BCUT2D eigenvalue weighted by molar-refractivity contribution is -0.121. The van der Waals surface area contributed by atoms with E-state index in [-0.39, 0.29) is 11.9 Å². The fraction of sp³-hybridized carbons (Fsp3) is 0.500. The van der Waals surface area contributed by atoms with Crippen LogP contribution in [0.5, 0.6) is 0 Å². The summed E-state index contributed by atoms with van der Waals surface area (Å²) < 4.78 is 0. The Labute approximate surface area is 75.8 Å². The minimum Gasteiger partial charge on any atom is -0.347 e. The van der Waals surface area contributed by atoms with Gasteiger partial charge < -0.3 is 5.32 Å². The number of hydrogen-bond acceptors (Lipinski definition) is 3. The van der Waals surface area contributed by atoms with E-state index < -0.39 is 0 Å². The molecule has 0 aliphatic rings. The lowest BCUT2D eigenvalue weighted by Crippen LogP contribution is -2.25. The topological polar surface area (TPSA) is 42.0 Å². The van der Waals surface area contributed by atoms with E-state index in [9.17, 15) is 4.79 Å². The van der Waals surface area contributed by atoms with E-state index in [0.29, 0.717) is 6.42 Å². The first kappa shape index (κ1) is 9.19. The summed E-state index contributed by atoms with van der Waals surface area (Å²) in [7, 11) is 0. The van der Waals surface area contributed by atoms with Gasteiger partial charge in [0.25, 0.3) is 0 Å². The van der Waals surface area contributed by atoms with Crippen LogP contribution >= 0.6 is 11.3 Å². The van der Waals surface area contributed by atoms with Crippen molar-refractivity contribution in [3.05, 3.63) is 16.6 Å². The molecule has 0 spiro atoms. The normalized spacial score (nSPS) is 12.5. The molecule has 1 atom stereocenters. The first-order valence-corrected chi connectivity index (χ1v) is 4.80. The van der Waals surface area contributed by atoms with Gasteiger partial charge in [0.05, 0.1) is 6.04 Å². The molecule has 0 fully saturated rings. The van der Waals surface area contributed by atoms with E-state index in [0.717, 1.165) is 5.01 Å². The molecule has 0 aliphatic heterocycles. The highest BCUT2D eigenvalue weighted by Gasteiger charge is 2.09. The molecule has 0 aromatic carbocycles. The molecule has 1 heterocycles. The maximum atomic E-state index is 11.0. The van der Waals surface area contributed by atoms with Crippen LogP contribution in [-0.4, -0.2) is 10.9 Å². The Bertz CT molecular complexity index is 246. The second-order valence-electron chi connectivity index (χ2n) is 2.51. The average Bonchev–Trinajstić information content (AvgIpc) is 2.56. The van der Waals surface area contributed by atoms with E-state index in [1.54, 1.807) is 17.5 Å². The average molecular weight is 184 g/mol. The van der Waals surface area contributed by atoms with Gasteiger partial charge >= 0.3 is 0 Å². The van der Waals surface area contributed by atoms with Gasteiger partial charge in [-0.05, 0) is 6.92 Å². The molecule has 0 aliphatic carbocycles. The third kappa shape index (κ3) is 2.30. The Morgan fingerprint density at radius 1 is 1.83 bits per heavy atom. The van der Waals surface area contributed by atoms with Crippen molar-refractivity contribution < 1.29 is 4.79 Å². The SMILES string of the molecule is CCC(=O)N[C@H](C)c1nccs1. The first-order chi connectivity index (χ1) is 5.74. The van der Waals surface area contributed by atoms with Crippen molar-refractivity contribution in [3.8, 4) is 0 Å². The smallest absolute Gasteiger partial charge is 0.220 e. The molecule has 0 saturated heterocycles. The van der Waals surface area contributed by atoms with Crippen molar-refractivity contribution in [2.75, 3.05) is 0 Å². The fourth-order valence-electron chi connectivity index (χ4n) is 0.854. The third-order valence-electron chi connectivity index (χ3n) is 1.52. The van der Waals surface area contributed by atoms with Crippen LogP contribution in [0, 0.1) is 0 Å². The fourth-order valence-corrected chi connectivity index (χ4v) is 1.50. The van der Waals surface area contributed by atoms with Gasteiger partial charge in [0, 0.05) is 18.0 Å². The van der Waals surface area contributed by atoms with Gasteiger partial charge in [0.2, 0.25) is 5.91 Å². The number of aromatic nitrogens is 1. The number of nitrogens with zero attached hydrogens (tertiary/aromatic N) is 1. The van der Waals surface area contributed by atoms with Gasteiger partial charge in [-0.1, -0.05) is 6.92 Å². The Balaban J connectivity index is 2.49. The van der Waals surface area contributed by atoms with E-state index in [4.69, 9.17) is 0 Å². The second kappa shape index (κ2) is 4.21. The molecular formula is C8H12N2OS. The predicted octanol–water partition coefficient (Wildman–Crippen LogP) is 1.73. The molecule has 1 rings (SSSR count). The van der Waals surface area contributed by atoms with Gasteiger partial charge in [-0.15, -0.1) is 11.3 Å². The Morgan fingerprint density at radius 2 is 2.58 bits per heavy atom. The minimum absolute atomic E-state index is 0.0393. The summed E-state index contributed by atoms with van der Waals surface area (Å²) >= 11 is 1.56. The number of rotatable bonds is 3. The van der Waals surface area contributed by atoms with Crippen molar-refractivity contribution in [1.29, 1.82) is 0 Å². The third-order valence-corrected chi connectivity index (χ3v) is 2.48. The highest BCUT2D eigenvalue weighted by atomic mass is 32.1. The molecule has 12 heavy (non-hydrogen) atoms. The van der Waals surface area contributed by atoms with Crippen LogP contribution in [0.2, 0.25) is 0 Å². The quantitative estimate of drug-likeness (QED) is 0.777. The number of thiazole rings is 1. The second-order valence-corrected chi connectivity index (χ2v) is 3.44. The number of carbonyl (C=O) groups is 1. The van der Waals surface area contributed by atoms with Crippen LogP contribution in [-0.2, 0) is 4.79 Å². The minimum atomic E-state index is 0.0393. The lowest BCUT2D eigenvalue weighted by atomic mass is 10.3. The molecule has 66 valence electrons. The van der Waals surface area contributed by atoms with Crippen LogP contribution in [0.1, 0.15) is 31.3 Å². The Hall–Kier alpha value is -0.900. The van der Waals surface area contributed by atoms with Crippen LogP contribution in [0.3, 0.4) is 0 Å². The molecule has 1 aromatic rings. The van der Waals surface area contributed by atoms with Crippen LogP contribution < -0.4 is 5.32 Å². The molecule has 0 radical (unpaired) electrons. The van der Waals surface area contributed by atoms with Crippen molar-refractivity contribution >= 4 is 17.2 Å². The number of amides is 1. The molecule has 1 amide bonds. The maximum Gasteiger partial charge on any atom is 0.220 e. The Kier molecular flexibility index (Phi) is 3.22. The highest BCUT2D eigenvalue weighted by Crippen LogP contribution is 2.14. The molecule has 4 heteroatoms. The van der Waals surface area contributed by atoms with E-state index >= 15 is 0 Å². The molecule has 1 aromatic heterocycles. The van der Waals surface area contributed by atoms with Crippen molar-refractivity contribution in [3.63, 3.8) is 0 Å². The summed E-state index contributed by atoms with van der Waals surface area (Å²) in [6.07, 6.45) is 2.27. The van der Waals surface area contributed by atoms with Crippen LogP contribution in [0.25, 0.3) is 0 Å². The molecule has 0 unspecified atom stereocenters.